The SMILES string of the molecule is CC(C)C.CC(C)C.c1ccncc1.c1ccsc1. The van der Waals surface area contributed by atoms with E-state index in [-0.39, 0.29) is 0 Å². The van der Waals surface area contributed by atoms with Gasteiger partial charge < -0.3 is 0 Å². The molecule has 2 heterocycles. The zero-order valence-corrected chi connectivity index (χ0v) is 14.0. The van der Waals surface area contributed by atoms with Gasteiger partial charge in [-0.05, 0) is 34.7 Å². The first-order valence-electron chi connectivity index (χ1n) is 6.79. The van der Waals surface area contributed by atoms with Gasteiger partial charge in [0.1, 0.15) is 0 Å². The highest BCUT2D eigenvalue weighted by Crippen LogP contribution is 1.91. The van der Waals surface area contributed by atoms with Gasteiger partial charge in [0.05, 0.1) is 0 Å². The summed E-state index contributed by atoms with van der Waals surface area (Å²) in [6, 6.07) is 9.75. The first-order chi connectivity index (χ1) is 8.96. The van der Waals surface area contributed by atoms with Crippen LogP contribution >= 0.6 is 11.3 Å². The van der Waals surface area contributed by atoms with Crippen molar-refractivity contribution in [3.63, 3.8) is 0 Å². The van der Waals surface area contributed by atoms with Crippen LogP contribution < -0.4 is 0 Å². The molecule has 0 bridgehead atoms. The van der Waals surface area contributed by atoms with Crippen molar-refractivity contribution in [3.8, 4) is 0 Å². The standard InChI is InChI=1S/C5H5N.C4H4S.2C4H10/c1-2-4-6-5-3-1;1-2-4-5-3-1;2*1-4(2)3/h1-5H;1-4H;2*4H,1-3H3. The van der Waals surface area contributed by atoms with Crippen LogP contribution in [-0.4, -0.2) is 4.98 Å². The number of thiophene rings is 1. The second-order valence-electron chi connectivity index (χ2n) is 5.28. The number of nitrogens with zero attached hydrogens (tertiary/aromatic N) is 1. The van der Waals surface area contributed by atoms with Crippen LogP contribution in [0.3, 0.4) is 0 Å². The molecule has 19 heavy (non-hydrogen) atoms. The minimum atomic E-state index is 0.833. The molecular weight excluding hydrogens is 250 g/mol. The van der Waals surface area contributed by atoms with Crippen molar-refractivity contribution in [2.45, 2.75) is 41.5 Å². The molecule has 1 nitrogen and oxygen atoms in total. The monoisotopic (exact) mass is 279 g/mol. The molecule has 0 aromatic carbocycles. The number of hydrogen-bond donors (Lipinski definition) is 0. The van der Waals surface area contributed by atoms with E-state index in [2.05, 4.69) is 46.5 Å². The molecule has 0 aliphatic carbocycles. The van der Waals surface area contributed by atoms with Crippen molar-refractivity contribution >= 4 is 11.3 Å². The van der Waals surface area contributed by atoms with Crippen LogP contribution in [0.5, 0.6) is 0 Å². The van der Waals surface area contributed by atoms with E-state index in [1.807, 2.05) is 41.1 Å². The lowest BCUT2D eigenvalue weighted by atomic mass is 10.3. The van der Waals surface area contributed by atoms with E-state index in [0.29, 0.717) is 0 Å². The van der Waals surface area contributed by atoms with Gasteiger partial charge >= 0.3 is 0 Å². The van der Waals surface area contributed by atoms with Gasteiger partial charge in [-0.3, -0.25) is 4.98 Å². The summed E-state index contributed by atoms with van der Waals surface area (Å²) in [5, 5.41) is 4.08. The molecule has 2 heteroatoms. The van der Waals surface area contributed by atoms with Gasteiger partial charge in [-0.25, -0.2) is 0 Å². The quantitative estimate of drug-likeness (QED) is 0.563. The van der Waals surface area contributed by atoms with E-state index < -0.39 is 0 Å². The molecule has 0 N–H and O–H groups in total. The lowest BCUT2D eigenvalue weighted by molar-refractivity contribution is 0.736. The topological polar surface area (TPSA) is 12.9 Å². The van der Waals surface area contributed by atoms with E-state index in [1.165, 1.54) is 0 Å². The fourth-order valence-corrected chi connectivity index (χ4v) is 0.993. The van der Waals surface area contributed by atoms with Crippen LogP contribution in [0, 0.1) is 11.8 Å². The Bertz CT molecular complexity index is 259. The molecule has 0 spiro atoms. The molecule has 2 aromatic rings. The Morgan fingerprint density at radius 3 is 1.11 bits per heavy atom. The summed E-state index contributed by atoms with van der Waals surface area (Å²) in [6.45, 7) is 13.0. The Morgan fingerprint density at radius 1 is 0.632 bits per heavy atom. The molecule has 0 unspecified atom stereocenters. The first-order valence-corrected chi connectivity index (χ1v) is 7.73. The fourth-order valence-electron chi connectivity index (χ4n) is 0.539. The molecule has 0 amide bonds. The third kappa shape index (κ3) is 38.3. The molecule has 0 aliphatic heterocycles. The Kier molecular flexibility index (Phi) is 17.9. The van der Waals surface area contributed by atoms with Gasteiger partial charge in [0.2, 0.25) is 0 Å². The number of pyridine rings is 1. The maximum atomic E-state index is 3.78. The fraction of sp³-hybridized carbons (Fsp3) is 0.471. The molecular formula is C17H29NS. The van der Waals surface area contributed by atoms with Crippen molar-refractivity contribution in [3.05, 3.63) is 53.5 Å². The highest BCUT2D eigenvalue weighted by molar-refractivity contribution is 7.07. The van der Waals surface area contributed by atoms with Crippen LogP contribution in [0.1, 0.15) is 41.5 Å². The molecule has 0 atom stereocenters. The summed E-state index contributed by atoms with van der Waals surface area (Å²) in [6.07, 6.45) is 3.50. The maximum Gasteiger partial charge on any atom is 0.0267 e. The van der Waals surface area contributed by atoms with Crippen LogP contribution in [0.15, 0.2) is 53.5 Å². The summed E-state index contributed by atoms with van der Waals surface area (Å²) < 4.78 is 0. The molecule has 0 saturated heterocycles. The molecule has 2 rings (SSSR count). The third-order valence-corrected chi connectivity index (χ3v) is 1.62. The van der Waals surface area contributed by atoms with Crippen molar-refractivity contribution in [2.24, 2.45) is 11.8 Å². The zero-order chi connectivity index (χ0) is 14.9. The summed E-state index contributed by atoms with van der Waals surface area (Å²) in [4.78, 5) is 3.78. The van der Waals surface area contributed by atoms with Crippen LogP contribution in [0.25, 0.3) is 0 Å². The third-order valence-electron chi connectivity index (χ3n) is 0.992. The second kappa shape index (κ2) is 16.9. The summed E-state index contributed by atoms with van der Waals surface area (Å²) in [5.41, 5.74) is 0. The summed E-state index contributed by atoms with van der Waals surface area (Å²) in [7, 11) is 0. The predicted octanol–water partition coefficient (Wildman–Crippen LogP) is 6.15. The highest BCUT2D eigenvalue weighted by Gasteiger charge is 1.68. The Labute approximate surface area is 123 Å². The van der Waals surface area contributed by atoms with E-state index >= 15 is 0 Å². The van der Waals surface area contributed by atoms with Crippen LogP contribution in [0.2, 0.25) is 0 Å². The number of hydrogen-bond acceptors (Lipinski definition) is 2. The lowest BCUT2D eigenvalue weighted by Gasteiger charge is -1.79. The smallest absolute Gasteiger partial charge is 0.0267 e. The average Bonchev–Trinajstić information content (AvgIpc) is 2.88. The molecule has 0 radical (unpaired) electrons. The lowest BCUT2D eigenvalue weighted by Crippen LogP contribution is -1.66. The van der Waals surface area contributed by atoms with E-state index in [0.717, 1.165) is 11.8 Å². The highest BCUT2D eigenvalue weighted by atomic mass is 32.1. The normalized spacial score (nSPS) is 8.42. The van der Waals surface area contributed by atoms with Gasteiger partial charge in [0, 0.05) is 12.4 Å². The Morgan fingerprint density at radius 2 is 1.00 bits per heavy atom. The minimum Gasteiger partial charge on any atom is -0.265 e. The van der Waals surface area contributed by atoms with Crippen molar-refractivity contribution in [1.82, 2.24) is 4.98 Å². The Balaban J connectivity index is 0. The zero-order valence-electron chi connectivity index (χ0n) is 13.2. The van der Waals surface area contributed by atoms with E-state index in [4.69, 9.17) is 0 Å². The van der Waals surface area contributed by atoms with Crippen molar-refractivity contribution < 1.29 is 0 Å². The van der Waals surface area contributed by atoms with E-state index in [1.54, 1.807) is 23.7 Å². The van der Waals surface area contributed by atoms with Crippen molar-refractivity contribution in [1.29, 1.82) is 0 Å². The molecule has 0 fully saturated rings. The maximum absolute atomic E-state index is 3.78. The minimum absolute atomic E-state index is 0.833. The van der Waals surface area contributed by atoms with Crippen LogP contribution in [0.4, 0.5) is 0 Å². The van der Waals surface area contributed by atoms with Gasteiger partial charge in [0.15, 0.2) is 0 Å². The van der Waals surface area contributed by atoms with E-state index in [9.17, 15) is 0 Å². The number of aromatic nitrogens is 1. The second-order valence-corrected chi connectivity index (χ2v) is 6.10. The Hall–Kier alpha value is -1.15. The summed E-state index contributed by atoms with van der Waals surface area (Å²) in [5.74, 6) is 1.67. The number of rotatable bonds is 0. The first kappa shape index (κ1) is 20.2. The van der Waals surface area contributed by atoms with Crippen molar-refractivity contribution in [2.75, 3.05) is 0 Å². The molecule has 108 valence electrons. The molecule has 2 aromatic heterocycles. The molecule has 0 aliphatic rings. The predicted molar refractivity (Wildman–Crippen MR) is 89.6 cm³/mol. The average molecular weight is 279 g/mol. The van der Waals surface area contributed by atoms with Crippen LogP contribution in [-0.2, 0) is 0 Å². The summed E-state index contributed by atoms with van der Waals surface area (Å²) >= 11 is 1.71. The van der Waals surface area contributed by atoms with Gasteiger partial charge in [-0.15, -0.1) is 0 Å². The van der Waals surface area contributed by atoms with Gasteiger partial charge in [-0.2, -0.15) is 11.3 Å². The van der Waals surface area contributed by atoms with Gasteiger partial charge in [-0.1, -0.05) is 59.7 Å². The van der Waals surface area contributed by atoms with Gasteiger partial charge in [0.25, 0.3) is 0 Å². The largest absolute Gasteiger partial charge is 0.265 e. The molecule has 0 saturated carbocycles.